The third-order valence-corrected chi connectivity index (χ3v) is 5.22. The van der Waals surface area contributed by atoms with Gasteiger partial charge in [0.25, 0.3) is 0 Å². The fourth-order valence-corrected chi connectivity index (χ4v) is 3.57. The van der Waals surface area contributed by atoms with Crippen molar-refractivity contribution in [2.45, 2.75) is 27.2 Å². The molecule has 0 saturated carbocycles. The van der Waals surface area contributed by atoms with Crippen LogP contribution in [0.5, 0.6) is 0 Å². The average Bonchev–Trinajstić information content (AvgIpc) is 2.76. The molecule has 0 atom stereocenters. The molecule has 0 fully saturated rings. The van der Waals surface area contributed by atoms with Gasteiger partial charge in [0.05, 0.1) is 6.61 Å². The smallest absolute Gasteiger partial charge is 0.334 e. The van der Waals surface area contributed by atoms with Crippen molar-refractivity contribution in [2.75, 3.05) is 32.8 Å². The number of nitrogens with zero attached hydrogens (tertiary/aromatic N) is 2. The first-order valence-corrected chi connectivity index (χ1v) is 10.5. The van der Waals surface area contributed by atoms with E-state index >= 15 is 0 Å². The number of ether oxygens (including phenoxy) is 1. The number of halogens is 1. The van der Waals surface area contributed by atoms with E-state index in [0.29, 0.717) is 26.3 Å². The van der Waals surface area contributed by atoms with E-state index in [2.05, 4.69) is 48.2 Å². The van der Waals surface area contributed by atoms with Gasteiger partial charge in [0.2, 0.25) is 0 Å². The van der Waals surface area contributed by atoms with Crippen LogP contribution in [-0.2, 0) is 14.4 Å². The van der Waals surface area contributed by atoms with E-state index in [1.165, 1.54) is 0 Å². The summed E-state index contributed by atoms with van der Waals surface area (Å²) in [7, 11) is 0. The Labute approximate surface area is 191 Å². The summed E-state index contributed by atoms with van der Waals surface area (Å²) in [6.07, 6.45) is 2.82. The van der Waals surface area contributed by atoms with Crippen LogP contribution in [0.3, 0.4) is 0 Å². The van der Waals surface area contributed by atoms with Crippen LogP contribution in [0.4, 0.5) is 0 Å². The summed E-state index contributed by atoms with van der Waals surface area (Å²) >= 11 is 0. The Bertz CT molecular complexity index is 892. The average molecular weight is 443 g/mol. The van der Waals surface area contributed by atoms with Crippen molar-refractivity contribution in [3.8, 4) is 0 Å². The fraction of sp³-hybridized carbons (Fsp3) is 0.360. The van der Waals surface area contributed by atoms with E-state index in [9.17, 15) is 4.79 Å². The first-order chi connectivity index (χ1) is 14.6. The molecule has 0 aromatic heterocycles. The van der Waals surface area contributed by atoms with Crippen molar-refractivity contribution in [3.63, 3.8) is 0 Å². The third-order valence-electron chi connectivity index (χ3n) is 5.22. The molecule has 0 spiro atoms. The molecular formula is C25H31ClN2O3. The largest absolute Gasteiger partial charge is 0.463 e. The van der Waals surface area contributed by atoms with Crippen LogP contribution < -0.4 is 0 Å². The molecule has 0 aliphatic carbocycles. The Morgan fingerprint density at radius 1 is 1.03 bits per heavy atom. The Morgan fingerprint density at radius 2 is 1.65 bits per heavy atom. The molecule has 5 nitrogen and oxygen atoms in total. The van der Waals surface area contributed by atoms with E-state index < -0.39 is 0 Å². The van der Waals surface area contributed by atoms with Gasteiger partial charge in [-0.1, -0.05) is 59.8 Å². The Balaban J connectivity index is 0.00000341. The van der Waals surface area contributed by atoms with Gasteiger partial charge in [-0.05, 0) is 38.3 Å². The van der Waals surface area contributed by atoms with Gasteiger partial charge in [-0.15, -0.1) is 12.4 Å². The Hall–Kier alpha value is -2.63. The number of hydrogen-bond acceptors (Lipinski definition) is 5. The summed E-state index contributed by atoms with van der Waals surface area (Å²) in [6.45, 7) is 9.04. The number of esters is 1. The van der Waals surface area contributed by atoms with Gasteiger partial charge in [0.1, 0.15) is 12.3 Å². The molecule has 1 heterocycles. The van der Waals surface area contributed by atoms with Crippen LogP contribution in [0, 0.1) is 13.8 Å². The van der Waals surface area contributed by atoms with E-state index in [1.807, 2.05) is 37.3 Å². The highest BCUT2D eigenvalue weighted by Gasteiger charge is 2.19. The molecule has 2 aromatic rings. The molecule has 0 saturated heterocycles. The zero-order valence-electron chi connectivity index (χ0n) is 18.5. The number of benzene rings is 2. The quantitative estimate of drug-likeness (QED) is 0.257. The Kier molecular flexibility index (Phi) is 9.76. The summed E-state index contributed by atoms with van der Waals surface area (Å²) in [5, 5.41) is 4.54. The lowest BCUT2D eigenvalue weighted by molar-refractivity contribution is -0.139. The molecule has 3 rings (SSSR count). The molecular weight excluding hydrogens is 412 g/mol. The molecule has 6 heteroatoms. The maximum atomic E-state index is 12.0. The molecule has 2 aromatic carbocycles. The predicted molar refractivity (Wildman–Crippen MR) is 127 cm³/mol. The van der Waals surface area contributed by atoms with Crippen molar-refractivity contribution >= 4 is 24.1 Å². The molecule has 1 aliphatic rings. The van der Waals surface area contributed by atoms with Crippen molar-refractivity contribution in [3.05, 3.63) is 82.4 Å². The summed E-state index contributed by atoms with van der Waals surface area (Å²) in [6, 6.07) is 16.4. The first kappa shape index (κ1) is 24.6. The van der Waals surface area contributed by atoms with Crippen LogP contribution in [-0.4, -0.2) is 49.4 Å². The summed E-state index contributed by atoms with van der Waals surface area (Å²) in [5.41, 5.74) is 6.02. The standard InChI is InChI=1S/C25H30N2O3.ClH/c1-4-29-25(28)21-12-9-15-27(18-21)16-17-30-26-24(22-13-7-5-10-19(22)2)23-14-8-6-11-20(23)3;/h5-8,10-14H,4,9,15-18H2,1-3H3;1H. The normalized spacial score (nSPS) is 13.6. The van der Waals surface area contributed by atoms with Crippen LogP contribution >= 0.6 is 12.4 Å². The van der Waals surface area contributed by atoms with Gasteiger partial charge >= 0.3 is 5.97 Å². The van der Waals surface area contributed by atoms with Crippen molar-refractivity contribution in [1.82, 2.24) is 4.90 Å². The van der Waals surface area contributed by atoms with Crippen LogP contribution in [0.15, 0.2) is 65.3 Å². The maximum Gasteiger partial charge on any atom is 0.334 e. The minimum atomic E-state index is -0.220. The topological polar surface area (TPSA) is 51.1 Å². The van der Waals surface area contributed by atoms with Crippen LogP contribution in [0.25, 0.3) is 0 Å². The summed E-state index contributed by atoms with van der Waals surface area (Å²) in [5.74, 6) is -0.220. The lowest BCUT2D eigenvalue weighted by Crippen LogP contribution is -2.35. The highest BCUT2D eigenvalue weighted by atomic mass is 35.5. The fourth-order valence-electron chi connectivity index (χ4n) is 3.57. The van der Waals surface area contributed by atoms with Crippen LogP contribution in [0.2, 0.25) is 0 Å². The molecule has 0 amide bonds. The van der Waals surface area contributed by atoms with Crippen LogP contribution in [0.1, 0.15) is 35.6 Å². The number of oxime groups is 1. The number of hydrogen-bond donors (Lipinski definition) is 0. The lowest BCUT2D eigenvalue weighted by Gasteiger charge is -2.25. The second-order valence-electron chi connectivity index (χ2n) is 7.42. The van der Waals surface area contributed by atoms with E-state index in [1.54, 1.807) is 0 Å². The van der Waals surface area contributed by atoms with Crippen molar-refractivity contribution in [2.24, 2.45) is 5.16 Å². The number of carbonyl (C=O) groups is 1. The van der Waals surface area contributed by atoms with Crippen molar-refractivity contribution in [1.29, 1.82) is 0 Å². The number of rotatable bonds is 8. The van der Waals surface area contributed by atoms with E-state index in [-0.39, 0.29) is 18.4 Å². The van der Waals surface area contributed by atoms with E-state index in [4.69, 9.17) is 9.57 Å². The molecule has 0 bridgehead atoms. The second-order valence-corrected chi connectivity index (χ2v) is 7.42. The SMILES string of the molecule is CCOC(=O)C1=CCCN(CCON=C(c2ccccc2C)c2ccccc2C)C1.Cl. The lowest BCUT2D eigenvalue weighted by atomic mass is 9.95. The zero-order chi connectivity index (χ0) is 21.3. The summed E-state index contributed by atoms with van der Waals surface area (Å²) < 4.78 is 5.12. The zero-order valence-corrected chi connectivity index (χ0v) is 19.3. The highest BCUT2D eigenvalue weighted by Crippen LogP contribution is 2.18. The molecule has 1 aliphatic heterocycles. The molecule has 31 heavy (non-hydrogen) atoms. The van der Waals surface area contributed by atoms with Gasteiger partial charge < -0.3 is 9.57 Å². The minimum absolute atomic E-state index is 0. The molecule has 0 unspecified atom stereocenters. The minimum Gasteiger partial charge on any atom is -0.463 e. The Morgan fingerprint density at radius 3 is 2.23 bits per heavy atom. The third kappa shape index (κ3) is 6.68. The van der Waals surface area contributed by atoms with Crippen molar-refractivity contribution < 1.29 is 14.4 Å². The monoisotopic (exact) mass is 442 g/mol. The first-order valence-electron chi connectivity index (χ1n) is 10.5. The number of carbonyl (C=O) groups excluding carboxylic acids is 1. The van der Waals surface area contributed by atoms with Gasteiger partial charge in [-0.2, -0.15) is 0 Å². The molecule has 0 radical (unpaired) electrons. The van der Waals surface area contributed by atoms with Gasteiger partial charge in [0.15, 0.2) is 0 Å². The van der Waals surface area contributed by atoms with Gasteiger partial charge in [-0.25, -0.2) is 4.79 Å². The summed E-state index contributed by atoms with van der Waals surface area (Å²) in [4.78, 5) is 19.9. The maximum absolute atomic E-state index is 12.0. The molecule has 0 N–H and O–H groups in total. The van der Waals surface area contributed by atoms with Gasteiger partial charge in [0, 0.05) is 36.3 Å². The predicted octanol–water partition coefficient (Wildman–Crippen LogP) is 4.69. The number of aryl methyl sites for hydroxylation is 2. The molecule has 166 valence electrons. The van der Waals surface area contributed by atoms with Gasteiger partial charge in [-0.3, -0.25) is 4.90 Å². The van der Waals surface area contributed by atoms with E-state index in [0.717, 1.165) is 46.5 Å². The highest BCUT2D eigenvalue weighted by molar-refractivity contribution is 6.14. The second kappa shape index (κ2) is 12.3.